The molecule has 3 aromatic rings. The van der Waals surface area contributed by atoms with Crippen LogP contribution in [0.5, 0.6) is 0 Å². The van der Waals surface area contributed by atoms with Gasteiger partial charge in [-0.1, -0.05) is 18.2 Å². The van der Waals surface area contributed by atoms with Gasteiger partial charge in [-0.2, -0.15) is 0 Å². The summed E-state index contributed by atoms with van der Waals surface area (Å²) in [5.41, 5.74) is 4.06. The second-order valence-electron chi connectivity index (χ2n) is 8.78. The lowest BCUT2D eigenvalue weighted by Crippen LogP contribution is -2.44. The Balaban J connectivity index is 1.32. The fourth-order valence-electron chi connectivity index (χ4n) is 4.44. The Kier molecular flexibility index (Phi) is 5.63. The van der Waals surface area contributed by atoms with Crippen LogP contribution >= 0.6 is 0 Å². The van der Waals surface area contributed by atoms with E-state index < -0.39 is 5.91 Å². The first-order chi connectivity index (χ1) is 16.4. The summed E-state index contributed by atoms with van der Waals surface area (Å²) >= 11 is 0. The lowest BCUT2D eigenvalue weighted by Gasteiger charge is -2.34. The molecule has 3 aromatic carbocycles. The number of fused-ring (bicyclic) bond motifs is 1. The highest BCUT2D eigenvalue weighted by atomic mass is 16.2. The maximum atomic E-state index is 13.1. The van der Waals surface area contributed by atoms with Gasteiger partial charge in [0.1, 0.15) is 0 Å². The number of anilines is 3. The minimum Gasteiger partial charge on any atom is -0.369 e. The van der Waals surface area contributed by atoms with E-state index in [1.807, 2.05) is 43.3 Å². The summed E-state index contributed by atoms with van der Waals surface area (Å²) in [6.07, 6.45) is 0. The number of amides is 3. The number of para-hydroxylation sites is 1. The summed E-state index contributed by atoms with van der Waals surface area (Å²) in [7, 11) is 2.12. The number of aryl methyl sites for hydroxylation is 1. The van der Waals surface area contributed by atoms with Crippen LogP contribution in [0.1, 0.15) is 36.6 Å². The number of likely N-dealkylation sites (N-methyl/N-ethyl adjacent to an activating group) is 1. The Hall–Kier alpha value is -3.97. The standard InChI is InChI=1S/C27H26N4O3/c1-18-5-3-4-6-24(18)31-26(33)22-12-7-19(17-23(22)27(31)34)25(32)28-20-8-10-21(11-9-20)30-15-13-29(2)14-16-30/h3-12,17H,13-16H2,1-2H3,(H,28,32). The Labute approximate surface area is 198 Å². The number of nitrogens with one attached hydrogen (secondary N) is 1. The molecule has 1 saturated heterocycles. The third-order valence-electron chi connectivity index (χ3n) is 6.50. The molecule has 0 saturated carbocycles. The van der Waals surface area contributed by atoms with Crippen LogP contribution in [0.25, 0.3) is 0 Å². The molecule has 2 aliphatic heterocycles. The van der Waals surface area contributed by atoms with Crippen LogP contribution in [0.15, 0.2) is 66.7 Å². The summed E-state index contributed by atoms with van der Waals surface area (Å²) in [6, 6.07) is 19.7. The van der Waals surface area contributed by atoms with E-state index in [0.717, 1.165) is 37.4 Å². The summed E-state index contributed by atoms with van der Waals surface area (Å²) in [4.78, 5) is 44.7. The molecule has 1 N–H and O–H groups in total. The highest BCUT2D eigenvalue weighted by molar-refractivity contribution is 6.35. The van der Waals surface area contributed by atoms with E-state index in [1.54, 1.807) is 24.3 Å². The zero-order valence-electron chi connectivity index (χ0n) is 19.2. The topological polar surface area (TPSA) is 73.0 Å². The molecule has 3 amide bonds. The molecule has 172 valence electrons. The van der Waals surface area contributed by atoms with Crippen LogP contribution in [0, 0.1) is 6.92 Å². The van der Waals surface area contributed by atoms with Gasteiger partial charge in [0.05, 0.1) is 16.8 Å². The molecule has 7 nitrogen and oxygen atoms in total. The van der Waals surface area contributed by atoms with Gasteiger partial charge in [0, 0.05) is 43.1 Å². The minimum absolute atomic E-state index is 0.242. The van der Waals surface area contributed by atoms with E-state index in [1.165, 1.54) is 11.0 Å². The largest absolute Gasteiger partial charge is 0.369 e. The van der Waals surface area contributed by atoms with Gasteiger partial charge >= 0.3 is 0 Å². The predicted octanol–water partition coefficient (Wildman–Crippen LogP) is 3.80. The molecule has 5 rings (SSSR count). The molecule has 0 unspecified atom stereocenters. The normalized spacial score (nSPS) is 16.1. The van der Waals surface area contributed by atoms with Gasteiger partial charge in [0.15, 0.2) is 0 Å². The average Bonchev–Trinajstić information content (AvgIpc) is 3.10. The van der Waals surface area contributed by atoms with Crippen LogP contribution in [-0.2, 0) is 0 Å². The molecule has 34 heavy (non-hydrogen) atoms. The number of carbonyl (C=O) groups is 3. The monoisotopic (exact) mass is 454 g/mol. The summed E-state index contributed by atoms with van der Waals surface area (Å²) in [5.74, 6) is -1.12. The van der Waals surface area contributed by atoms with Gasteiger partial charge in [-0.05, 0) is 68.1 Å². The van der Waals surface area contributed by atoms with Crippen molar-refractivity contribution in [1.82, 2.24) is 4.90 Å². The number of nitrogens with zero attached hydrogens (tertiary/aromatic N) is 3. The van der Waals surface area contributed by atoms with E-state index in [9.17, 15) is 14.4 Å². The van der Waals surface area contributed by atoms with Crippen molar-refractivity contribution in [3.63, 3.8) is 0 Å². The number of imide groups is 1. The summed E-state index contributed by atoms with van der Waals surface area (Å²) in [6.45, 7) is 5.86. The molecule has 0 bridgehead atoms. The molecule has 0 aliphatic carbocycles. The van der Waals surface area contributed by atoms with Crippen molar-refractivity contribution in [3.8, 4) is 0 Å². The fourth-order valence-corrected chi connectivity index (χ4v) is 4.44. The molecular weight excluding hydrogens is 428 g/mol. The van der Waals surface area contributed by atoms with Crippen LogP contribution < -0.4 is 15.1 Å². The first kappa shape index (κ1) is 21.9. The molecule has 2 aliphatic rings. The number of rotatable bonds is 4. The number of piperazine rings is 1. The first-order valence-electron chi connectivity index (χ1n) is 11.4. The lowest BCUT2D eigenvalue weighted by atomic mass is 10.1. The SMILES string of the molecule is Cc1ccccc1N1C(=O)c2ccc(C(=O)Nc3ccc(N4CCN(C)CC4)cc3)cc2C1=O. The quantitative estimate of drug-likeness (QED) is 0.607. The Bertz CT molecular complexity index is 1280. The van der Waals surface area contributed by atoms with Gasteiger partial charge in [-0.25, -0.2) is 4.90 Å². The predicted molar refractivity (Wildman–Crippen MR) is 133 cm³/mol. The van der Waals surface area contributed by atoms with Crippen LogP contribution in [0.4, 0.5) is 17.1 Å². The molecular formula is C27H26N4O3. The molecule has 2 heterocycles. The van der Waals surface area contributed by atoms with Crippen LogP contribution in [0.2, 0.25) is 0 Å². The van der Waals surface area contributed by atoms with Gasteiger partial charge in [-0.3, -0.25) is 14.4 Å². The Morgan fingerprint density at radius 2 is 1.50 bits per heavy atom. The van der Waals surface area contributed by atoms with Crippen molar-refractivity contribution in [2.24, 2.45) is 0 Å². The molecule has 7 heteroatoms. The first-order valence-corrected chi connectivity index (χ1v) is 11.4. The van der Waals surface area contributed by atoms with Crippen LogP contribution in [-0.4, -0.2) is 55.8 Å². The van der Waals surface area contributed by atoms with Crippen molar-refractivity contribution in [1.29, 1.82) is 0 Å². The van der Waals surface area contributed by atoms with E-state index in [2.05, 4.69) is 22.2 Å². The second-order valence-corrected chi connectivity index (χ2v) is 8.78. The smallest absolute Gasteiger partial charge is 0.266 e. The molecule has 1 fully saturated rings. The number of benzene rings is 3. The Morgan fingerprint density at radius 3 is 2.21 bits per heavy atom. The van der Waals surface area contributed by atoms with Crippen molar-refractivity contribution >= 4 is 34.8 Å². The van der Waals surface area contributed by atoms with Crippen molar-refractivity contribution in [2.75, 3.05) is 48.3 Å². The van der Waals surface area contributed by atoms with E-state index >= 15 is 0 Å². The van der Waals surface area contributed by atoms with Crippen LogP contribution in [0.3, 0.4) is 0 Å². The van der Waals surface area contributed by atoms with Gasteiger partial charge in [0.2, 0.25) is 0 Å². The maximum absolute atomic E-state index is 13.1. The second kappa shape index (κ2) is 8.76. The fraction of sp³-hybridized carbons (Fsp3) is 0.222. The molecule has 0 atom stereocenters. The number of carbonyl (C=O) groups excluding carboxylic acids is 3. The zero-order valence-corrected chi connectivity index (χ0v) is 19.2. The third kappa shape index (κ3) is 3.95. The molecule has 0 radical (unpaired) electrons. The minimum atomic E-state index is -0.416. The van der Waals surface area contributed by atoms with Crippen molar-refractivity contribution in [2.45, 2.75) is 6.92 Å². The van der Waals surface area contributed by atoms with E-state index in [-0.39, 0.29) is 17.4 Å². The number of hydrogen-bond donors (Lipinski definition) is 1. The van der Waals surface area contributed by atoms with Crippen molar-refractivity contribution in [3.05, 3.63) is 89.0 Å². The lowest BCUT2D eigenvalue weighted by molar-refractivity contribution is 0.0925. The summed E-state index contributed by atoms with van der Waals surface area (Å²) < 4.78 is 0. The maximum Gasteiger partial charge on any atom is 0.266 e. The van der Waals surface area contributed by atoms with Gasteiger partial charge in [-0.15, -0.1) is 0 Å². The van der Waals surface area contributed by atoms with E-state index in [0.29, 0.717) is 22.5 Å². The highest BCUT2D eigenvalue weighted by Gasteiger charge is 2.37. The highest BCUT2D eigenvalue weighted by Crippen LogP contribution is 2.31. The zero-order chi connectivity index (χ0) is 23.8. The van der Waals surface area contributed by atoms with E-state index in [4.69, 9.17) is 0 Å². The Morgan fingerprint density at radius 1 is 0.824 bits per heavy atom. The number of hydrogen-bond acceptors (Lipinski definition) is 5. The third-order valence-corrected chi connectivity index (χ3v) is 6.50. The van der Waals surface area contributed by atoms with Gasteiger partial charge < -0.3 is 15.1 Å². The average molecular weight is 455 g/mol. The molecule has 0 spiro atoms. The van der Waals surface area contributed by atoms with Crippen molar-refractivity contribution < 1.29 is 14.4 Å². The molecule has 0 aromatic heterocycles. The van der Waals surface area contributed by atoms with Gasteiger partial charge in [0.25, 0.3) is 17.7 Å². The summed E-state index contributed by atoms with van der Waals surface area (Å²) in [5, 5.41) is 2.89.